The van der Waals surface area contributed by atoms with Crippen molar-refractivity contribution in [3.8, 4) is 5.75 Å². The van der Waals surface area contributed by atoms with Crippen molar-refractivity contribution in [3.05, 3.63) is 62.6 Å². The number of benzene rings is 2. The molecule has 0 saturated heterocycles. The maximum Gasteiger partial charge on any atom is 0.342 e. The molecule has 2 rings (SSSR count). The fourth-order valence-corrected chi connectivity index (χ4v) is 2.11. The highest BCUT2D eigenvalue weighted by Gasteiger charge is 2.15. The largest absolute Gasteiger partial charge is 0.507 e. The third-order valence-corrected chi connectivity index (χ3v) is 3.37. The van der Waals surface area contributed by atoms with Crippen LogP contribution in [0.25, 0.3) is 0 Å². The van der Waals surface area contributed by atoms with E-state index in [1.165, 1.54) is 36.4 Å². The molecule has 0 fully saturated rings. The normalized spacial score (nSPS) is 10.0. The Bertz CT molecular complexity index is 791. The van der Waals surface area contributed by atoms with Crippen molar-refractivity contribution in [3.63, 3.8) is 0 Å². The number of ether oxygens (including phenoxy) is 1. The molecular formula is C15H11BrN2O6. The average molecular weight is 395 g/mol. The van der Waals surface area contributed by atoms with Crippen LogP contribution in [0.3, 0.4) is 0 Å². The average Bonchev–Trinajstić information content (AvgIpc) is 2.55. The molecule has 24 heavy (non-hydrogen) atoms. The molecule has 8 nitrogen and oxygen atoms in total. The van der Waals surface area contributed by atoms with Crippen molar-refractivity contribution in [1.82, 2.24) is 0 Å². The van der Waals surface area contributed by atoms with Crippen LogP contribution in [0.1, 0.15) is 10.4 Å². The van der Waals surface area contributed by atoms with Gasteiger partial charge in [0.2, 0.25) is 0 Å². The number of phenols is 1. The van der Waals surface area contributed by atoms with Crippen LogP contribution in [0.2, 0.25) is 0 Å². The van der Waals surface area contributed by atoms with Gasteiger partial charge in [0, 0.05) is 22.3 Å². The summed E-state index contributed by atoms with van der Waals surface area (Å²) in [6.45, 7) is -0.568. The van der Waals surface area contributed by atoms with Gasteiger partial charge in [-0.1, -0.05) is 15.9 Å². The Morgan fingerprint density at radius 1 is 1.21 bits per heavy atom. The Kier molecular flexibility index (Phi) is 5.48. The summed E-state index contributed by atoms with van der Waals surface area (Å²) in [4.78, 5) is 33.5. The monoisotopic (exact) mass is 394 g/mol. The summed E-state index contributed by atoms with van der Waals surface area (Å²) in [5, 5.41) is 22.6. The predicted octanol–water partition coefficient (Wildman–Crippen LogP) is 2.86. The quantitative estimate of drug-likeness (QED) is 0.457. The van der Waals surface area contributed by atoms with E-state index in [1.807, 2.05) is 0 Å². The van der Waals surface area contributed by atoms with Crippen LogP contribution >= 0.6 is 15.9 Å². The van der Waals surface area contributed by atoms with Crippen LogP contribution in [0.5, 0.6) is 5.75 Å². The molecule has 0 aromatic heterocycles. The van der Waals surface area contributed by atoms with Gasteiger partial charge in [-0.2, -0.15) is 0 Å². The van der Waals surface area contributed by atoms with Crippen molar-refractivity contribution in [2.24, 2.45) is 0 Å². The number of phenolic OH excluding ortho intramolecular Hbond substituents is 1. The molecule has 0 saturated carbocycles. The number of non-ortho nitro benzene ring substituents is 1. The standard InChI is InChI=1S/C15H11BrN2O6/c16-9-1-6-13(19)12(7-9)15(21)24-8-14(20)17-10-2-4-11(5-3-10)18(22)23/h1-7,19H,8H2,(H,17,20). The van der Waals surface area contributed by atoms with Crippen LogP contribution in [0, 0.1) is 10.1 Å². The minimum absolute atomic E-state index is 0.0764. The molecule has 124 valence electrons. The minimum Gasteiger partial charge on any atom is -0.507 e. The zero-order chi connectivity index (χ0) is 17.7. The second-order valence-corrected chi connectivity index (χ2v) is 5.51. The van der Waals surface area contributed by atoms with Crippen molar-refractivity contribution >= 4 is 39.2 Å². The van der Waals surface area contributed by atoms with E-state index in [-0.39, 0.29) is 17.0 Å². The lowest BCUT2D eigenvalue weighted by atomic mass is 10.2. The second-order valence-electron chi connectivity index (χ2n) is 4.59. The summed E-state index contributed by atoms with van der Waals surface area (Å²) in [5.74, 6) is -1.74. The van der Waals surface area contributed by atoms with Gasteiger partial charge < -0.3 is 15.2 Å². The number of esters is 1. The molecule has 2 N–H and O–H groups in total. The molecule has 2 aromatic carbocycles. The van der Waals surface area contributed by atoms with Crippen LogP contribution in [0.15, 0.2) is 46.9 Å². The Morgan fingerprint density at radius 3 is 2.50 bits per heavy atom. The number of aromatic hydroxyl groups is 1. The number of nitro groups is 1. The Balaban J connectivity index is 1.92. The van der Waals surface area contributed by atoms with Crippen LogP contribution in [0.4, 0.5) is 11.4 Å². The lowest BCUT2D eigenvalue weighted by molar-refractivity contribution is -0.384. The van der Waals surface area contributed by atoms with Gasteiger partial charge in [0.15, 0.2) is 6.61 Å². The number of nitrogens with zero attached hydrogens (tertiary/aromatic N) is 1. The van der Waals surface area contributed by atoms with Crippen LogP contribution in [-0.4, -0.2) is 28.5 Å². The maximum atomic E-state index is 11.8. The highest BCUT2D eigenvalue weighted by Crippen LogP contribution is 2.22. The molecule has 0 bridgehead atoms. The summed E-state index contributed by atoms with van der Waals surface area (Å²) in [6.07, 6.45) is 0. The number of nitro benzene ring substituents is 1. The van der Waals surface area contributed by atoms with E-state index in [2.05, 4.69) is 21.2 Å². The van der Waals surface area contributed by atoms with Gasteiger partial charge in [0.1, 0.15) is 11.3 Å². The fourth-order valence-electron chi connectivity index (χ4n) is 1.74. The molecule has 0 aliphatic carbocycles. The first kappa shape index (κ1) is 17.4. The first-order valence-electron chi connectivity index (χ1n) is 6.57. The molecular weight excluding hydrogens is 384 g/mol. The van der Waals surface area contributed by atoms with Crippen molar-refractivity contribution in [2.45, 2.75) is 0 Å². The summed E-state index contributed by atoms with van der Waals surface area (Å²) in [6, 6.07) is 9.43. The molecule has 0 heterocycles. The molecule has 0 spiro atoms. The summed E-state index contributed by atoms with van der Waals surface area (Å²) < 4.78 is 5.39. The first-order chi connectivity index (χ1) is 11.4. The molecule has 1 amide bonds. The molecule has 2 aromatic rings. The molecule has 0 atom stereocenters. The molecule has 0 aliphatic heterocycles. The summed E-state index contributed by atoms with van der Waals surface area (Å²) in [7, 11) is 0. The Hall–Kier alpha value is -2.94. The summed E-state index contributed by atoms with van der Waals surface area (Å²) >= 11 is 3.16. The second kappa shape index (κ2) is 7.55. The van der Waals surface area contributed by atoms with E-state index in [0.717, 1.165) is 0 Å². The van der Waals surface area contributed by atoms with Gasteiger partial charge >= 0.3 is 5.97 Å². The lowest BCUT2D eigenvalue weighted by Gasteiger charge is -2.08. The topological polar surface area (TPSA) is 119 Å². The van der Waals surface area contributed by atoms with E-state index in [4.69, 9.17) is 4.74 Å². The zero-order valence-corrected chi connectivity index (χ0v) is 13.6. The fraction of sp³-hybridized carbons (Fsp3) is 0.0667. The smallest absolute Gasteiger partial charge is 0.342 e. The minimum atomic E-state index is -0.854. The van der Waals surface area contributed by atoms with Crippen molar-refractivity contribution < 1.29 is 24.4 Å². The number of anilines is 1. The van der Waals surface area contributed by atoms with Crippen LogP contribution in [-0.2, 0) is 9.53 Å². The lowest BCUT2D eigenvalue weighted by Crippen LogP contribution is -2.21. The molecule has 0 radical (unpaired) electrons. The van der Waals surface area contributed by atoms with E-state index in [1.54, 1.807) is 6.07 Å². The number of rotatable bonds is 5. The number of carbonyl (C=O) groups is 2. The van der Waals surface area contributed by atoms with E-state index >= 15 is 0 Å². The van der Waals surface area contributed by atoms with E-state index in [9.17, 15) is 24.8 Å². The van der Waals surface area contributed by atoms with Gasteiger partial charge in [-0.25, -0.2) is 4.79 Å². The number of amides is 1. The van der Waals surface area contributed by atoms with Gasteiger partial charge in [0.05, 0.1) is 4.92 Å². The zero-order valence-electron chi connectivity index (χ0n) is 12.1. The number of hydrogen-bond acceptors (Lipinski definition) is 6. The highest BCUT2D eigenvalue weighted by atomic mass is 79.9. The molecule has 0 unspecified atom stereocenters. The number of nitrogens with one attached hydrogen (secondary N) is 1. The van der Waals surface area contributed by atoms with Gasteiger partial charge in [-0.15, -0.1) is 0 Å². The van der Waals surface area contributed by atoms with E-state index in [0.29, 0.717) is 10.2 Å². The molecule has 9 heteroatoms. The number of halogens is 1. The van der Waals surface area contributed by atoms with E-state index < -0.39 is 23.4 Å². The highest BCUT2D eigenvalue weighted by molar-refractivity contribution is 9.10. The van der Waals surface area contributed by atoms with Crippen molar-refractivity contribution in [2.75, 3.05) is 11.9 Å². The number of hydrogen-bond donors (Lipinski definition) is 2. The van der Waals surface area contributed by atoms with Gasteiger partial charge in [-0.05, 0) is 30.3 Å². The van der Waals surface area contributed by atoms with Crippen molar-refractivity contribution in [1.29, 1.82) is 0 Å². The third kappa shape index (κ3) is 4.53. The summed E-state index contributed by atoms with van der Waals surface area (Å²) in [5.41, 5.74) is 0.143. The maximum absolute atomic E-state index is 11.8. The van der Waals surface area contributed by atoms with Crippen LogP contribution < -0.4 is 5.32 Å². The molecule has 0 aliphatic rings. The Labute approximate surface area is 144 Å². The number of carbonyl (C=O) groups excluding carboxylic acids is 2. The SMILES string of the molecule is O=C(COC(=O)c1cc(Br)ccc1O)Nc1ccc([N+](=O)[O-])cc1. The predicted molar refractivity (Wildman–Crippen MR) is 87.8 cm³/mol. The Morgan fingerprint density at radius 2 is 1.88 bits per heavy atom. The third-order valence-electron chi connectivity index (χ3n) is 2.87. The van der Waals surface area contributed by atoms with Gasteiger partial charge in [0.25, 0.3) is 11.6 Å². The van der Waals surface area contributed by atoms with Gasteiger partial charge in [-0.3, -0.25) is 14.9 Å². The first-order valence-corrected chi connectivity index (χ1v) is 7.36.